The zero-order chi connectivity index (χ0) is 13.4. The van der Waals surface area contributed by atoms with Gasteiger partial charge in [0.05, 0.1) is 16.9 Å². The van der Waals surface area contributed by atoms with Crippen LogP contribution in [0.4, 0.5) is 0 Å². The maximum Gasteiger partial charge on any atom is 0.339 e. The molecule has 0 saturated heterocycles. The molecule has 3 aromatic rings. The van der Waals surface area contributed by atoms with Crippen LogP contribution in [0.1, 0.15) is 16.1 Å². The van der Waals surface area contributed by atoms with E-state index in [2.05, 4.69) is 10.1 Å². The van der Waals surface area contributed by atoms with Gasteiger partial charge in [0.15, 0.2) is 0 Å². The average Bonchev–Trinajstić information content (AvgIpc) is 2.83. The highest BCUT2D eigenvalue weighted by Crippen LogP contribution is 2.24. The third kappa shape index (κ3) is 1.85. The van der Waals surface area contributed by atoms with Crippen LogP contribution in [0.3, 0.4) is 0 Å². The SMILES string of the molecule is Cc1ccn(-c2c(C(=O)O)cnc3ccccc23)n1. The van der Waals surface area contributed by atoms with E-state index < -0.39 is 5.97 Å². The minimum Gasteiger partial charge on any atom is -0.478 e. The molecule has 2 aromatic heterocycles. The molecule has 1 N–H and O–H groups in total. The Morgan fingerprint density at radius 2 is 2.05 bits per heavy atom. The number of aromatic carboxylic acids is 1. The lowest BCUT2D eigenvalue weighted by molar-refractivity contribution is 0.0696. The Morgan fingerprint density at radius 1 is 1.26 bits per heavy atom. The quantitative estimate of drug-likeness (QED) is 0.761. The molecule has 3 rings (SSSR count). The van der Waals surface area contributed by atoms with E-state index in [9.17, 15) is 9.90 Å². The van der Waals surface area contributed by atoms with Crippen molar-refractivity contribution in [3.63, 3.8) is 0 Å². The third-order valence-electron chi connectivity index (χ3n) is 2.93. The van der Waals surface area contributed by atoms with Crippen LogP contribution in [0.25, 0.3) is 16.6 Å². The van der Waals surface area contributed by atoms with Gasteiger partial charge in [0.25, 0.3) is 0 Å². The van der Waals surface area contributed by atoms with E-state index in [4.69, 9.17) is 0 Å². The standard InChI is InChI=1S/C14H11N3O2/c1-9-6-7-17(16-9)13-10-4-2-3-5-12(10)15-8-11(13)14(18)19/h2-8H,1H3,(H,18,19). The van der Waals surface area contributed by atoms with Gasteiger partial charge in [-0.25, -0.2) is 9.48 Å². The zero-order valence-electron chi connectivity index (χ0n) is 10.2. The second-order valence-electron chi connectivity index (χ2n) is 4.24. The Kier molecular flexibility index (Phi) is 2.52. The first-order chi connectivity index (χ1) is 9.16. The lowest BCUT2D eigenvalue weighted by Crippen LogP contribution is -2.08. The predicted octanol–water partition coefficient (Wildman–Crippen LogP) is 2.43. The van der Waals surface area contributed by atoms with Crippen molar-refractivity contribution in [2.24, 2.45) is 0 Å². The van der Waals surface area contributed by atoms with Crippen LogP contribution >= 0.6 is 0 Å². The molecule has 0 unspecified atom stereocenters. The monoisotopic (exact) mass is 253 g/mol. The van der Waals surface area contributed by atoms with Crippen molar-refractivity contribution in [2.45, 2.75) is 6.92 Å². The molecule has 0 radical (unpaired) electrons. The van der Waals surface area contributed by atoms with E-state index in [-0.39, 0.29) is 5.56 Å². The normalized spacial score (nSPS) is 10.8. The Balaban J connectivity index is 2.41. The Morgan fingerprint density at radius 3 is 2.74 bits per heavy atom. The van der Waals surface area contributed by atoms with Crippen LogP contribution in [-0.2, 0) is 0 Å². The summed E-state index contributed by atoms with van der Waals surface area (Å²) in [7, 11) is 0. The van der Waals surface area contributed by atoms with Crippen molar-refractivity contribution >= 4 is 16.9 Å². The highest BCUT2D eigenvalue weighted by molar-refractivity contribution is 6.00. The first kappa shape index (κ1) is 11.4. The van der Waals surface area contributed by atoms with Gasteiger partial charge in [-0.2, -0.15) is 5.10 Å². The lowest BCUT2D eigenvalue weighted by atomic mass is 10.1. The lowest BCUT2D eigenvalue weighted by Gasteiger charge is -2.09. The van der Waals surface area contributed by atoms with E-state index in [0.717, 1.165) is 16.6 Å². The van der Waals surface area contributed by atoms with Crippen molar-refractivity contribution in [2.75, 3.05) is 0 Å². The number of fused-ring (bicyclic) bond motifs is 1. The summed E-state index contributed by atoms with van der Waals surface area (Å²) >= 11 is 0. The minimum absolute atomic E-state index is 0.141. The molecular weight excluding hydrogens is 242 g/mol. The van der Waals surface area contributed by atoms with Crippen LogP contribution < -0.4 is 0 Å². The van der Waals surface area contributed by atoms with Crippen LogP contribution in [0.15, 0.2) is 42.7 Å². The zero-order valence-corrected chi connectivity index (χ0v) is 10.2. The number of benzene rings is 1. The van der Waals surface area contributed by atoms with Crippen LogP contribution in [-0.4, -0.2) is 25.8 Å². The molecule has 0 saturated carbocycles. The Hall–Kier alpha value is -2.69. The third-order valence-corrected chi connectivity index (χ3v) is 2.93. The highest BCUT2D eigenvalue weighted by Gasteiger charge is 2.16. The summed E-state index contributed by atoms with van der Waals surface area (Å²) in [5, 5.41) is 14.4. The molecule has 0 aliphatic carbocycles. The number of rotatable bonds is 2. The van der Waals surface area contributed by atoms with Gasteiger partial charge in [-0.15, -0.1) is 0 Å². The predicted molar refractivity (Wildman–Crippen MR) is 70.6 cm³/mol. The maximum absolute atomic E-state index is 11.4. The minimum atomic E-state index is -1.01. The second-order valence-corrected chi connectivity index (χ2v) is 4.24. The van der Waals surface area contributed by atoms with Gasteiger partial charge in [0, 0.05) is 17.8 Å². The summed E-state index contributed by atoms with van der Waals surface area (Å²) < 4.78 is 1.59. The summed E-state index contributed by atoms with van der Waals surface area (Å²) in [6.45, 7) is 1.86. The number of hydrogen-bond acceptors (Lipinski definition) is 3. The van der Waals surface area contributed by atoms with Gasteiger partial charge < -0.3 is 5.11 Å². The molecule has 0 aliphatic rings. The maximum atomic E-state index is 11.4. The van der Waals surface area contributed by atoms with E-state index >= 15 is 0 Å². The number of aryl methyl sites for hydroxylation is 1. The number of nitrogens with zero attached hydrogens (tertiary/aromatic N) is 3. The van der Waals surface area contributed by atoms with Gasteiger partial charge >= 0.3 is 5.97 Å². The van der Waals surface area contributed by atoms with Crippen molar-refractivity contribution in [1.82, 2.24) is 14.8 Å². The summed E-state index contributed by atoms with van der Waals surface area (Å²) in [6, 6.07) is 9.26. The van der Waals surface area contributed by atoms with Crippen LogP contribution in [0, 0.1) is 6.92 Å². The number of aromatic nitrogens is 3. The summed E-state index contributed by atoms with van der Waals surface area (Å²) in [6.07, 6.45) is 3.13. The number of carboxylic acids is 1. The molecule has 0 spiro atoms. The van der Waals surface area contributed by atoms with Crippen LogP contribution in [0.5, 0.6) is 0 Å². The van der Waals surface area contributed by atoms with E-state index in [1.54, 1.807) is 10.9 Å². The van der Waals surface area contributed by atoms with E-state index in [1.165, 1.54) is 6.20 Å². The Bertz CT molecular complexity index is 777. The summed E-state index contributed by atoms with van der Waals surface area (Å²) in [5.41, 5.74) is 2.26. The molecule has 5 nitrogen and oxygen atoms in total. The topological polar surface area (TPSA) is 68.0 Å². The number of pyridine rings is 1. The van der Waals surface area contributed by atoms with Gasteiger partial charge in [-0.1, -0.05) is 18.2 Å². The molecule has 19 heavy (non-hydrogen) atoms. The van der Waals surface area contributed by atoms with Crippen molar-refractivity contribution in [1.29, 1.82) is 0 Å². The van der Waals surface area contributed by atoms with Crippen molar-refractivity contribution in [3.8, 4) is 5.69 Å². The molecule has 94 valence electrons. The number of carboxylic acid groups (broad SMARTS) is 1. The Labute approximate surface area is 109 Å². The molecule has 0 bridgehead atoms. The molecule has 5 heteroatoms. The smallest absolute Gasteiger partial charge is 0.339 e. The molecule has 0 aliphatic heterocycles. The highest BCUT2D eigenvalue weighted by atomic mass is 16.4. The van der Waals surface area contributed by atoms with Crippen molar-refractivity contribution < 1.29 is 9.90 Å². The largest absolute Gasteiger partial charge is 0.478 e. The number of carbonyl (C=O) groups is 1. The fraction of sp³-hybridized carbons (Fsp3) is 0.0714. The van der Waals surface area contributed by atoms with E-state index in [1.807, 2.05) is 37.3 Å². The molecule has 0 fully saturated rings. The average molecular weight is 253 g/mol. The van der Waals surface area contributed by atoms with Gasteiger partial charge in [0.2, 0.25) is 0 Å². The first-order valence-electron chi connectivity index (χ1n) is 5.80. The molecule has 1 aromatic carbocycles. The fourth-order valence-electron chi connectivity index (χ4n) is 2.07. The molecule has 0 atom stereocenters. The number of para-hydroxylation sites is 1. The van der Waals surface area contributed by atoms with Crippen LogP contribution in [0.2, 0.25) is 0 Å². The first-order valence-corrected chi connectivity index (χ1v) is 5.80. The summed E-state index contributed by atoms with van der Waals surface area (Å²) in [4.78, 5) is 15.5. The fourth-order valence-corrected chi connectivity index (χ4v) is 2.07. The van der Waals surface area contributed by atoms with E-state index in [0.29, 0.717) is 5.69 Å². The van der Waals surface area contributed by atoms with Gasteiger partial charge in [0.1, 0.15) is 5.56 Å². The summed E-state index contributed by atoms with van der Waals surface area (Å²) in [5.74, 6) is -1.01. The van der Waals surface area contributed by atoms with Gasteiger partial charge in [-0.05, 0) is 19.1 Å². The van der Waals surface area contributed by atoms with Gasteiger partial charge in [-0.3, -0.25) is 4.98 Å². The number of hydrogen-bond donors (Lipinski definition) is 1. The molecular formula is C14H11N3O2. The molecule has 2 heterocycles. The molecule has 0 amide bonds. The van der Waals surface area contributed by atoms with Crippen molar-refractivity contribution in [3.05, 3.63) is 54.0 Å². The second kappa shape index (κ2) is 4.20.